The first-order valence-corrected chi connectivity index (χ1v) is 10.7. The molecule has 1 aromatic heterocycles. The van der Waals surface area contributed by atoms with Crippen LogP contribution in [0, 0.1) is 0 Å². The van der Waals surface area contributed by atoms with Gasteiger partial charge >= 0.3 is 0 Å². The van der Waals surface area contributed by atoms with E-state index in [1.807, 2.05) is 60.7 Å². The van der Waals surface area contributed by atoms with Crippen LogP contribution in [0.4, 0.5) is 5.69 Å². The van der Waals surface area contributed by atoms with E-state index >= 15 is 0 Å². The summed E-state index contributed by atoms with van der Waals surface area (Å²) in [5.74, 6) is 0.0605. The first-order chi connectivity index (χ1) is 16.0. The molecule has 168 valence electrons. The summed E-state index contributed by atoms with van der Waals surface area (Å²) in [6.45, 7) is 1.69. The van der Waals surface area contributed by atoms with Crippen LogP contribution in [0.3, 0.4) is 0 Å². The third kappa shape index (κ3) is 5.38. The van der Waals surface area contributed by atoms with E-state index < -0.39 is 0 Å². The molecule has 4 aromatic rings. The van der Waals surface area contributed by atoms with Crippen LogP contribution in [-0.4, -0.2) is 24.6 Å². The average molecular weight is 444 g/mol. The Labute approximate surface area is 191 Å². The maximum absolute atomic E-state index is 12.6. The molecule has 4 rings (SSSR count). The first kappa shape index (κ1) is 22.1. The summed E-state index contributed by atoms with van der Waals surface area (Å²) in [4.78, 5) is 24.6. The van der Waals surface area contributed by atoms with Crippen LogP contribution in [0.5, 0.6) is 5.75 Å². The van der Waals surface area contributed by atoms with Crippen molar-refractivity contribution in [1.29, 1.82) is 0 Å². The molecule has 7 heteroatoms. The molecule has 0 aliphatic heterocycles. The second-order valence-electron chi connectivity index (χ2n) is 7.74. The van der Waals surface area contributed by atoms with Crippen molar-refractivity contribution in [3.05, 3.63) is 72.3 Å². The topological polar surface area (TPSA) is 92.9 Å². The van der Waals surface area contributed by atoms with Crippen LogP contribution in [0.1, 0.15) is 25.3 Å². The number of amides is 2. The smallest absolute Gasteiger partial charge is 0.240 e. The van der Waals surface area contributed by atoms with Crippen LogP contribution in [0.2, 0.25) is 0 Å². The Hall–Kier alpha value is -4.13. The van der Waals surface area contributed by atoms with Crippen molar-refractivity contribution < 1.29 is 18.7 Å². The number of aryl methyl sites for hydroxylation is 1. The van der Waals surface area contributed by atoms with Crippen LogP contribution >= 0.6 is 0 Å². The molecule has 2 amide bonds. The van der Waals surface area contributed by atoms with E-state index in [0.29, 0.717) is 35.6 Å². The summed E-state index contributed by atoms with van der Waals surface area (Å²) in [6.07, 6.45) is 0.980. The Balaban J connectivity index is 1.37. The van der Waals surface area contributed by atoms with Crippen molar-refractivity contribution in [1.82, 2.24) is 5.43 Å². The lowest BCUT2D eigenvalue weighted by Gasteiger charge is -2.10. The number of anilines is 1. The van der Waals surface area contributed by atoms with Gasteiger partial charge in [-0.1, -0.05) is 48.5 Å². The Kier molecular flexibility index (Phi) is 6.69. The minimum absolute atomic E-state index is 0.0281. The molecule has 0 unspecified atom stereocenters. The largest absolute Gasteiger partial charge is 0.495 e. The highest BCUT2D eigenvalue weighted by Gasteiger charge is 2.14. The van der Waals surface area contributed by atoms with Gasteiger partial charge in [-0.15, -0.1) is 0 Å². The van der Waals surface area contributed by atoms with Crippen molar-refractivity contribution in [2.24, 2.45) is 5.10 Å². The fourth-order valence-corrected chi connectivity index (χ4v) is 3.60. The summed E-state index contributed by atoms with van der Waals surface area (Å²) in [7, 11) is 1.55. The highest BCUT2D eigenvalue weighted by molar-refractivity contribution is 6.10. The third-order valence-corrected chi connectivity index (χ3v) is 5.24. The Morgan fingerprint density at radius 2 is 1.70 bits per heavy atom. The number of benzene rings is 3. The predicted octanol–water partition coefficient (Wildman–Crippen LogP) is 5.05. The Morgan fingerprint density at radius 1 is 0.939 bits per heavy atom. The van der Waals surface area contributed by atoms with E-state index in [1.165, 1.54) is 0 Å². The average Bonchev–Trinajstić information content (AvgIpc) is 3.18. The van der Waals surface area contributed by atoms with Crippen molar-refractivity contribution in [3.63, 3.8) is 0 Å². The minimum Gasteiger partial charge on any atom is -0.495 e. The monoisotopic (exact) mass is 443 g/mol. The van der Waals surface area contributed by atoms with Gasteiger partial charge in [-0.3, -0.25) is 9.59 Å². The zero-order valence-corrected chi connectivity index (χ0v) is 18.6. The molecule has 0 atom stereocenters. The maximum Gasteiger partial charge on any atom is 0.240 e. The molecule has 1 heterocycles. The maximum atomic E-state index is 12.6. The molecule has 0 aliphatic carbocycles. The fourth-order valence-electron chi connectivity index (χ4n) is 3.60. The van der Waals surface area contributed by atoms with Gasteiger partial charge in [-0.05, 0) is 31.0 Å². The molecule has 0 radical (unpaired) electrons. The lowest BCUT2D eigenvalue weighted by molar-refractivity contribution is -0.121. The van der Waals surface area contributed by atoms with E-state index in [-0.39, 0.29) is 18.2 Å². The Morgan fingerprint density at radius 3 is 2.48 bits per heavy atom. The Bertz CT molecular complexity index is 1330. The van der Waals surface area contributed by atoms with Crippen molar-refractivity contribution in [3.8, 4) is 5.75 Å². The number of carbonyl (C=O) groups excluding carboxylic acids is 2. The van der Waals surface area contributed by atoms with E-state index in [0.717, 1.165) is 21.9 Å². The van der Waals surface area contributed by atoms with Gasteiger partial charge in [-0.25, -0.2) is 5.43 Å². The lowest BCUT2D eigenvalue weighted by atomic mass is 10.1. The van der Waals surface area contributed by atoms with Crippen LogP contribution in [0.25, 0.3) is 21.9 Å². The number of hydrazone groups is 1. The third-order valence-electron chi connectivity index (χ3n) is 5.24. The number of carbonyl (C=O) groups is 2. The number of nitrogens with one attached hydrogen (secondary N) is 2. The highest BCUT2D eigenvalue weighted by Crippen LogP contribution is 2.36. The summed E-state index contributed by atoms with van der Waals surface area (Å²) in [6, 6.07) is 21.1. The van der Waals surface area contributed by atoms with Gasteiger partial charge in [0.05, 0.1) is 19.2 Å². The first-order valence-electron chi connectivity index (χ1n) is 10.7. The van der Waals surface area contributed by atoms with Crippen molar-refractivity contribution >= 4 is 45.2 Å². The summed E-state index contributed by atoms with van der Waals surface area (Å²) >= 11 is 0. The van der Waals surface area contributed by atoms with E-state index in [9.17, 15) is 9.59 Å². The van der Waals surface area contributed by atoms with Gasteiger partial charge < -0.3 is 14.5 Å². The molecule has 0 fully saturated rings. The van der Waals surface area contributed by atoms with Crippen molar-refractivity contribution in [2.45, 2.75) is 26.2 Å². The summed E-state index contributed by atoms with van der Waals surface area (Å²) < 4.78 is 11.4. The van der Waals surface area contributed by atoms with E-state index in [1.54, 1.807) is 20.1 Å². The van der Waals surface area contributed by atoms with Gasteiger partial charge in [0.25, 0.3) is 0 Å². The molecule has 0 saturated heterocycles. The van der Waals surface area contributed by atoms with Crippen LogP contribution in [0.15, 0.2) is 76.2 Å². The molecule has 0 aliphatic rings. The number of fused-ring (bicyclic) bond motifs is 3. The minimum atomic E-state index is -0.274. The summed E-state index contributed by atoms with van der Waals surface area (Å²) in [5.41, 5.74) is 6.02. The fraction of sp³-hybridized carbons (Fsp3) is 0.192. The molecule has 7 nitrogen and oxygen atoms in total. The number of furan rings is 1. The molecule has 2 N–H and O–H groups in total. The van der Waals surface area contributed by atoms with E-state index in [4.69, 9.17) is 9.15 Å². The molecule has 0 bridgehead atoms. The molecule has 0 saturated carbocycles. The molecule has 3 aromatic carbocycles. The molecular weight excluding hydrogens is 418 g/mol. The predicted molar refractivity (Wildman–Crippen MR) is 130 cm³/mol. The second kappa shape index (κ2) is 9.99. The number of hydrogen-bond acceptors (Lipinski definition) is 5. The number of hydrogen-bond donors (Lipinski definition) is 2. The van der Waals surface area contributed by atoms with Crippen LogP contribution in [-0.2, 0) is 16.0 Å². The zero-order chi connectivity index (χ0) is 23.2. The zero-order valence-electron chi connectivity index (χ0n) is 18.6. The number of ether oxygens (including phenoxy) is 1. The molecule has 0 spiro atoms. The van der Waals surface area contributed by atoms with E-state index in [2.05, 4.69) is 15.8 Å². The molecule has 33 heavy (non-hydrogen) atoms. The van der Waals surface area contributed by atoms with Gasteiger partial charge in [-0.2, -0.15) is 5.10 Å². The van der Waals surface area contributed by atoms with Gasteiger partial charge in [0.1, 0.15) is 16.9 Å². The lowest BCUT2D eigenvalue weighted by Crippen LogP contribution is -2.21. The number of methoxy groups -OCH3 is 1. The highest BCUT2D eigenvalue weighted by atomic mass is 16.5. The van der Waals surface area contributed by atoms with Crippen LogP contribution < -0.4 is 15.5 Å². The van der Waals surface area contributed by atoms with Gasteiger partial charge in [0.2, 0.25) is 11.8 Å². The standard InChI is InChI=1S/C26H25N3O4/c1-17(28-29-25(30)13-12-18-8-4-3-5-9-18)14-26(31)27-21-16-23-20(15-24(21)32-2)19-10-6-7-11-22(19)33-23/h3-11,15-16H,12-14H2,1-2H3,(H,27,31)(H,29,30)/b28-17+. The number of para-hydroxylation sites is 1. The molecular formula is C26H25N3O4. The van der Waals surface area contributed by atoms with Crippen molar-refractivity contribution in [2.75, 3.05) is 12.4 Å². The van der Waals surface area contributed by atoms with Gasteiger partial charge in [0, 0.05) is 29.0 Å². The summed E-state index contributed by atoms with van der Waals surface area (Å²) in [5, 5.41) is 8.79. The SMILES string of the molecule is COc1cc2c(cc1NC(=O)C/C(C)=N/NC(=O)CCc1ccccc1)oc1ccccc12. The normalized spacial score (nSPS) is 11.5. The number of rotatable bonds is 8. The van der Waals surface area contributed by atoms with Gasteiger partial charge in [0.15, 0.2) is 0 Å². The quantitative estimate of drug-likeness (QED) is 0.294. The number of nitrogens with zero attached hydrogens (tertiary/aromatic N) is 1. The second-order valence-corrected chi connectivity index (χ2v) is 7.74.